The SMILES string of the molecule is NC(=S)C(c1cccc(F)c1)N1CCCCC1. The number of piperidine rings is 1. The molecule has 0 bridgehead atoms. The minimum Gasteiger partial charge on any atom is -0.392 e. The molecule has 0 aromatic heterocycles. The molecule has 2 nitrogen and oxygen atoms in total. The molecular formula is C13H17FN2S. The summed E-state index contributed by atoms with van der Waals surface area (Å²) in [6, 6.07) is 6.44. The maximum atomic E-state index is 13.3. The summed E-state index contributed by atoms with van der Waals surface area (Å²) in [5, 5.41) is 0. The maximum Gasteiger partial charge on any atom is 0.123 e. The second-order valence-corrected chi connectivity index (χ2v) is 4.93. The van der Waals surface area contributed by atoms with E-state index < -0.39 is 0 Å². The van der Waals surface area contributed by atoms with Gasteiger partial charge in [-0.25, -0.2) is 4.39 Å². The highest BCUT2D eigenvalue weighted by atomic mass is 32.1. The lowest BCUT2D eigenvalue weighted by molar-refractivity contribution is 0.203. The predicted octanol–water partition coefficient (Wildman–Crippen LogP) is 2.64. The lowest BCUT2D eigenvalue weighted by Gasteiger charge is -2.34. The number of likely N-dealkylation sites (tertiary alicyclic amines) is 1. The molecule has 1 aromatic carbocycles. The first kappa shape index (κ1) is 12.5. The molecule has 1 heterocycles. The van der Waals surface area contributed by atoms with Gasteiger partial charge in [-0.1, -0.05) is 30.8 Å². The Morgan fingerprint density at radius 3 is 2.59 bits per heavy atom. The number of nitrogens with zero attached hydrogens (tertiary/aromatic N) is 1. The van der Waals surface area contributed by atoms with Crippen LogP contribution < -0.4 is 5.73 Å². The number of rotatable bonds is 3. The number of benzene rings is 1. The Kier molecular flexibility index (Phi) is 4.07. The highest BCUT2D eigenvalue weighted by Crippen LogP contribution is 2.25. The van der Waals surface area contributed by atoms with Crippen LogP contribution in [0.1, 0.15) is 30.9 Å². The quantitative estimate of drug-likeness (QED) is 0.839. The van der Waals surface area contributed by atoms with Crippen molar-refractivity contribution in [3.63, 3.8) is 0 Å². The fourth-order valence-electron chi connectivity index (χ4n) is 2.41. The fraction of sp³-hybridized carbons (Fsp3) is 0.462. The van der Waals surface area contributed by atoms with Crippen LogP contribution in [-0.2, 0) is 0 Å². The number of nitrogens with two attached hydrogens (primary N) is 1. The van der Waals surface area contributed by atoms with Gasteiger partial charge in [0.25, 0.3) is 0 Å². The van der Waals surface area contributed by atoms with E-state index in [4.69, 9.17) is 18.0 Å². The Labute approximate surface area is 107 Å². The lowest BCUT2D eigenvalue weighted by Crippen LogP contribution is -2.40. The van der Waals surface area contributed by atoms with Crippen LogP contribution in [0.4, 0.5) is 4.39 Å². The van der Waals surface area contributed by atoms with Crippen LogP contribution in [-0.4, -0.2) is 23.0 Å². The average Bonchev–Trinajstić information content (AvgIpc) is 2.30. The third-order valence-corrected chi connectivity index (χ3v) is 3.41. The molecule has 0 saturated carbocycles. The summed E-state index contributed by atoms with van der Waals surface area (Å²) in [5.74, 6) is -0.235. The first-order valence-electron chi connectivity index (χ1n) is 5.97. The Balaban J connectivity index is 2.25. The van der Waals surface area contributed by atoms with E-state index in [0.29, 0.717) is 4.99 Å². The second kappa shape index (κ2) is 5.56. The first-order valence-corrected chi connectivity index (χ1v) is 6.38. The van der Waals surface area contributed by atoms with Gasteiger partial charge in [-0.05, 0) is 43.6 Å². The van der Waals surface area contributed by atoms with Crippen molar-refractivity contribution in [1.29, 1.82) is 0 Å². The van der Waals surface area contributed by atoms with Crippen LogP contribution in [0.3, 0.4) is 0 Å². The molecule has 2 rings (SSSR count). The van der Waals surface area contributed by atoms with Crippen molar-refractivity contribution in [3.8, 4) is 0 Å². The van der Waals surface area contributed by atoms with Gasteiger partial charge in [-0.3, -0.25) is 4.90 Å². The topological polar surface area (TPSA) is 29.3 Å². The molecule has 92 valence electrons. The normalized spacial score (nSPS) is 18.9. The standard InChI is InChI=1S/C13H17FN2S/c14-11-6-4-5-10(9-11)12(13(15)17)16-7-2-1-3-8-16/h4-6,9,12H,1-3,7-8H2,(H2,15,17). The van der Waals surface area contributed by atoms with E-state index in [1.54, 1.807) is 6.07 Å². The van der Waals surface area contributed by atoms with Crippen molar-refractivity contribution in [2.45, 2.75) is 25.3 Å². The third kappa shape index (κ3) is 3.01. The molecule has 0 aliphatic carbocycles. The summed E-state index contributed by atoms with van der Waals surface area (Å²) >= 11 is 5.14. The van der Waals surface area contributed by atoms with Gasteiger partial charge in [0.2, 0.25) is 0 Å². The summed E-state index contributed by atoms with van der Waals surface area (Å²) in [6.07, 6.45) is 3.58. The van der Waals surface area contributed by atoms with Crippen LogP contribution in [0, 0.1) is 5.82 Å². The van der Waals surface area contributed by atoms with Crippen molar-refractivity contribution in [2.75, 3.05) is 13.1 Å². The molecule has 1 aromatic rings. The first-order chi connectivity index (χ1) is 8.18. The van der Waals surface area contributed by atoms with E-state index in [1.807, 2.05) is 6.07 Å². The Morgan fingerprint density at radius 2 is 2.00 bits per heavy atom. The maximum absolute atomic E-state index is 13.3. The lowest BCUT2D eigenvalue weighted by atomic mass is 10.0. The largest absolute Gasteiger partial charge is 0.392 e. The predicted molar refractivity (Wildman–Crippen MR) is 71.4 cm³/mol. The van der Waals surface area contributed by atoms with Gasteiger partial charge in [0.05, 0.1) is 11.0 Å². The van der Waals surface area contributed by atoms with Gasteiger partial charge in [0, 0.05) is 0 Å². The van der Waals surface area contributed by atoms with Gasteiger partial charge in [0.15, 0.2) is 0 Å². The minimum absolute atomic E-state index is 0.124. The van der Waals surface area contributed by atoms with Crippen LogP contribution in [0.2, 0.25) is 0 Å². The van der Waals surface area contributed by atoms with Crippen LogP contribution in [0.25, 0.3) is 0 Å². The van der Waals surface area contributed by atoms with Crippen LogP contribution in [0.15, 0.2) is 24.3 Å². The average molecular weight is 252 g/mol. The zero-order valence-corrected chi connectivity index (χ0v) is 10.5. The molecule has 2 N–H and O–H groups in total. The molecule has 1 aliphatic rings. The van der Waals surface area contributed by atoms with E-state index in [2.05, 4.69) is 4.90 Å². The molecule has 1 saturated heterocycles. The van der Waals surface area contributed by atoms with E-state index in [9.17, 15) is 4.39 Å². The van der Waals surface area contributed by atoms with Gasteiger partial charge in [-0.15, -0.1) is 0 Å². The monoisotopic (exact) mass is 252 g/mol. The van der Waals surface area contributed by atoms with E-state index >= 15 is 0 Å². The van der Waals surface area contributed by atoms with Crippen LogP contribution >= 0.6 is 12.2 Å². The number of thiocarbonyl (C=S) groups is 1. The Morgan fingerprint density at radius 1 is 1.29 bits per heavy atom. The van der Waals surface area contributed by atoms with Crippen LogP contribution in [0.5, 0.6) is 0 Å². The minimum atomic E-state index is -0.235. The van der Waals surface area contributed by atoms with Crippen molar-refractivity contribution in [2.24, 2.45) is 5.73 Å². The fourth-order valence-corrected chi connectivity index (χ4v) is 2.69. The zero-order chi connectivity index (χ0) is 12.3. The highest BCUT2D eigenvalue weighted by molar-refractivity contribution is 7.80. The van der Waals surface area contributed by atoms with Gasteiger partial charge >= 0.3 is 0 Å². The number of hydrogen-bond acceptors (Lipinski definition) is 2. The molecule has 17 heavy (non-hydrogen) atoms. The number of hydrogen-bond donors (Lipinski definition) is 1. The van der Waals surface area contributed by atoms with E-state index in [0.717, 1.165) is 31.5 Å². The van der Waals surface area contributed by atoms with Gasteiger partial charge < -0.3 is 5.73 Å². The summed E-state index contributed by atoms with van der Waals surface area (Å²) in [5.41, 5.74) is 6.68. The smallest absolute Gasteiger partial charge is 0.123 e. The molecule has 0 spiro atoms. The second-order valence-electron chi connectivity index (χ2n) is 4.46. The molecule has 1 unspecified atom stereocenters. The Bertz CT molecular complexity index is 402. The highest BCUT2D eigenvalue weighted by Gasteiger charge is 2.24. The van der Waals surface area contributed by atoms with E-state index in [1.165, 1.54) is 18.6 Å². The Hall–Kier alpha value is -1.00. The summed E-state index contributed by atoms with van der Waals surface area (Å²) < 4.78 is 13.3. The van der Waals surface area contributed by atoms with Crippen molar-refractivity contribution >= 4 is 17.2 Å². The summed E-state index contributed by atoms with van der Waals surface area (Å²) in [6.45, 7) is 1.97. The molecule has 0 amide bonds. The molecule has 1 atom stereocenters. The van der Waals surface area contributed by atoms with E-state index in [-0.39, 0.29) is 11.9 Å². The molecule has 1 fully saturated rings. The van der Waals surface area contributed by atoms with Crippen molar-refractivity contribution in [1.82, 2.24) is 4.90 Å². The molecule has 1 aliphatic heterocycles. The zero-order valence-electron chi connectivity index (χ0n) is 9.73. The third-order valence-electron chi connectivity index (χ3n) is 3.19. The molecular weight excluding hydrogens is 235 g/mol. The summed E-state index contributed by atoms with van der Waals surface area (Å²) in [4.78, 5) is 2.68. The van der Waals surface area contributed by atoms with Crippen molar-refractivity contribution in [3.05, 3.63) is 35.6 Å². The van der Waals surface area contributed by atoms with Crippen molar-refractivity contribution < 1.29 is 4.39 Å². The molecule has 0 radical (unpaired) electrons. The molecule has 4 heteroatoms. The van der Waals surface area contributed by atoms with Gasteiger partial charge in [-0.2, -0.15) is 0 Å². The van der Waals surface area contributed by atoms with Gasteiger partial charge in [0.1, 0.15) is 5.82 Å². The number of halogens is 1. The summed E-state index contributed by atoms with van der Waals surface area (Å²) in [7, 11) is 0.